The van der Waals surface area contributed by atoms with E-state index in [4.69, 9.17) is 9.47 Å². The van der Waals surface area contributed by atoms with Crippen molar-refractivity contribution in [2.24, 2.45) is 0 Å². The minimum atomic E-state index is -0.358. The molecular weight excluding hydrogens is 386 g/mol. The number of thiophene rings is 1. The zero-order valence-corrected chi connectivity index (χ0v) is 17.4. The molecule has 1 amide bonds. The summed E-state index contributed by atoms with van der Waals surface area (Å²) in [6.45, 7) is 4.51. The third-order valence-electron chi connectivity index (χ3n) is 5.81. The fourth-order valence-electron chi connectivity index (χ4n) is 4.24. The van der Waals surface area contributed by atoms with Crippen LogP contribution in [0.5, 0.6) is 5.75 Å². The Kier molecular flexibility index (Phi) is 4.44. The van der Waals surface area contributed by atoms with Gasteiger partial charge in [-0.1, -0.05) is 12.1 Å². The molecule has 1 saturated heterocycles. The van der Waals surface area contributed by atoms with Crippen LogP contribution in [0, 0.1) is 6.92 Å². The van der Waals surface area contributed by atoms with Crippen LogP contribution in [-0.2, 0) is 17.9 Å². The molecule has 150 valence electrons. The van der Waals surface area contributed by atoms with Gasteiger partial charge in [0, 0.05) is 17.0 Å². The number of ether oxygens (including phenoxy) is 2. The Balaban J connectivity index is 1.40. The van der Waals surface area contributed by atoms with Gasteiger partial charge in [0.15, 0.2) is 0 Å². The highest BCUT2D eigenvalue weighted by Crippen LogP contribution is 2.36. The molecule has 7 heteroatoms. The van der Waals surface area contributed by atoms with Crippen molar-refractivity contribution >= 4 is 17.2 Å². The van der Waals surface area contributed by atoms with Crippen molar-refractivity contribution in [3.63, 3.8) is 0 Å². The smallest absolute Gasteiger partial charge is 0.264 e. The summed E-state index contributed by atoms with van der Waals surface area (Å²) in [5.74, 6) is 1.85. The van der Waals surface area contributed by atoms with Gasteiger partial charge in [-0.25, -0.2) is 4.98 Å². The third-order valence-corrected chi connectivity index (χ3v) is 6.80. The lowest BCUT2D eigenvalue weighted by Crippen LogP contribution is -2.45. The number of imidazole rings is 1. The third kappa shape index (κ3) is 3.24. The monoisotopic (exact) mass is 409 g/mol. The molecule has 2 aliphatic rings. The summed E-state index contributed by atoms with van der Waals surface area (Å²) in [4.78, 5) is 21.3. The molecule has 29 heavy (non-hydrogen) atoms. The van der Waals surface area contributed by atoms with Crippen molar-refractivity contribution < 1.29 is 14.3 Å². The van der Waals surface area contributed by atoms with E-state index in [9.17, 15) is 4.79 Å². The average molecular weight is 410 g/mol. The van der Waals surface area contributed by atoms with Gasteiger partial charge in [-0.2, -0.15) is 0 Å². The summed E-state index contributed by atoms with van der Waals surface area (Å²) in [5.41, 5.74) is 1.77. The molecule has 0 radical (unpaired) electrons. The topological polar surface area (TPSA) is 56.6 Å². The van der Waals surface area contributed by atoms with E-state index in [1.807, 2.05) is 48.4 Å². The average Bonchev–Trinajstić information content (AvgIpc) is 3.46. The second-order valence-corrected chi connectivity index (χ2v) is 9.02. The van der Waals surface area contributed by atoms with Gasteiger partial charge in [-0.3, -0.25) is 4.79 Å². The van der Waals surface area contributed by atoms with Gasteiger partial charge in [-0.15, -0.1) is 11.3 Å². The molecule has 1 unspecified atom stereocenters. The number of rotatable bonds is 3. The van der Waals surface area contributed by atoms with Crippen LogP contribution >= 0.6 is 11.3 Å². The van der Waals surface area contributed by atoms with Gasteiger partial charge < -0.3 is 18.9 Å². The van der Waals surface area contributed by atoms with Crippen LogP contribution < -0.4 is 4.74 Å². The molecular formula is C22H23N3O3S. The van der Waals surface area contributed by atoms with Gasteiger partial charge in [-0.05, 0) is 37.6 Å². The van der Waals surface area contributed by atoms with Gasteiger partial charge in [0.25, 0.3) is 5.91 Å². The first-order valence-electron chi connectivity index (χ1n) is 9.75. The molecule has 1 fully saturated rings. The number of aryl methyl sites for hydroxylation is 1. The molecule has 0 aliphatic carbocycles. The molecule has 1 aromatic carbocycles. The Morgan fingerprint density at radius 3 is 2.97 bits per heavy atom. The summed E-state index contributed by atoms with van der Waals surface area (Å²) in [6.07, 6.45) is 2.73. The van der Waals surface area contributed by atoms with E-state index in [1.54, 1.807) is 18.4 Å². The number of carbonyl (C=O) groups is 1. The van der Waals surface area contributed by atoms with E-state index in [2.05, 4.69) is 15.6 Å². The number of benzene rings is 1. The largest absolute Gasteiger partial charge is 0.497 e. The zero-order valence-electron chi connectivity index (χ0n) is 16.6. The highest BCUT2D eigenvalue weighted by Gasteiger charge is 2.44. The summed E-state index contributed by atoms with van der Waals surface area (Å²) in [7, 11) is 1.67. The summed E-state index contributed by atoms with van der Waals surface area (Å²) < 4.78 is 13.9. The Hall–Kier alpha value is -2.64. The van der Waals surface area contributed by atoms with Gasteiger partial charge in [0.2, 0.25) is 0 Å². The maximum atomic E-state index is 12.9. The highest BCUT2D eigenvalue weighted by atomic mass is 32.1. The van der Waals surface area contributed by atoms with Crippen LogP contribution in [0.4, 0.5) is 0 Å². The molecule has 0 N–H and O–H groups in total. The number of aromatic nitrogens is 2. The molecule has 2 aromatic heterocycles. The van der Waals surface area contributed by atoms with Crippen molar-refractivity contribution in [2.45, 2.75) is 32.1 Å². The SMILES string of the molecule is COc1cccc(-c2cnc3n2CC2(CCN(C(=O)c4ccc(C)s4)C2)OC3)c1. The van der Waals surface area contributed by atoms with Crippen LogP contribution in [0.3, 0.4) is 0 Å². The molecule has 6 nitrogen and oxygen atoms in total. The Morgan fingerprint density at radius 2 is 2.17 bits per heavy atom. The van der Waals surface area contributed by atoms with Gasteiger partial charge >= 0.3 is 0 Å². The minimum Gasteiger partial charge on any atom is -0.497 e. The predicted molar refractivity (Wildman–Crippen MR) is 111 cm³/mol. The van der Waals surface area contributed by atoms with Crippen molar-refractivity contribution in [2.75, 3.05) is 20.2 Å². The molecule has 2 aliphatic heterocycles. The first kappa shape index (κ1) is 18.4. The summed E-state index contributed by atoms with van der Waals surface area (Å²) >= 11 is 1.55. The standard InChI is InChI=1S/C22H23N3O3S/c1-15-6-7-19(29-15)21(26)24-9-8-22(13-24)14-25-18(11-23-20(25)12-28-22)16-4-3-5-17(10-16)27-2/h3-7,10-11H,8-9,12-14H2,1-2H3. The van der Waals surface area contributed by atoms with E-state index in [0.29, 0.717) is 26.2 Å². The number of amides is 1. The van der Waals surface area contributed by atoms with E-state index in [1.165, 1.54) is 0 Å². The highest BCUT2D eigenvalue weighted by molar-refractivity contribution is 7.13. The Bertz CT molecular complexity index is 1070. The first-order chi connectivity index (χ1) is 14.1. The van der Waals surface area contributed by atoms with Crippen molar-refractivity contribution in [1.82, 2.24) is 14.5 Å². The molecule has 0 bridgehead atoms. The minimum absolute atomic E-state index is 0.105. The zero-order chi connectivity index (χ0) is 20.0. The van der Waals surface area contributed by atoms with Crippen LogP contribution in [0.1, 0.15) is 26.8 Å². The van der Waals surface area contributed by atoms with E-state index < -0.39 is 0 Å². The molecule has 1 atom stereocenters. The molecule has 1 spiro atoms. The number of hydrogen-bond acceptors (Lipinski definition) is 5. The van der Waals surface area contributed by atoms with Crippen molar-refractivity contribution in [1.29, 1.82) is 0 Å². The first-order valence-corrected chi connectivity index (χ1v) is 10.6. The number of fused-ring (bicyclic) bond motifs is 1. The fraction of sp³-hybridized carbons (Fsp3) is 0.364. The maximum absolute atomic E-state index is 12.9. The van der Waals surface area contributed by atoms with Crippen LogP contribution in [-0.4, -0.2) is 46.2 Å². The van der Waals surface area contributed by atoms with E-state index in [0.717, 1.165) is 39.0 Å². The van der Waals surface area contributed by atoms with E-state index in [-0.39, 0.29) is 11.5 Å². The summed E-state index contributed by atoms with van der Waals surface area (Å²) in [5, 5.41) is 0. The number of nitrogens with zero attached hydrogens (tertiary/aromatic N) is 3. The second-order valence-electron chi connectivity index (χ2n) is 7.74. The van der Waals surface area contributed by atoms with Crippen molar-refractivity contribution in [3.05, 3.63) is 58.2 Å². The maximum Gasteiger partial charge on any atom is 0.264 e. The van der Waals surface area contributed by atoms with Gasteiger partial charge in [0.05, 0.1) is 37.0 Å². The second kappa shape index (κ2) is 7.00. The number of methoxy groups -OCH3 is 1. The Morgan fingerprint density at radius 1 is 1.28 bits per heavy atom. The lowest BCUT2D eigenvalue weighted by Gasteiger charge is -2.35. The molecule has 5 rings (SSSR count). The predicted octanol–water partition coefficient (Wildman–Crippen LogP) is 3.74. The quantitative estimate of drug-likeness (QED) is 0.661. The van der Waals surface area contributed by atoms with E-state index >= 15 is 0 Å². The fourth-order valence-corrected chi connectivity index (χ4v) is 5.08. The lowest BCUT2D eigenvalue weighted by molar-refractivity contribution is -0.0804. The molecule has 3 aromatic rings. The number of likely N-dealkylation sites (tertiary alicyclic amines) is 1. The molecule has 0 saturated carbocycles. The van der Waals surface area contributed by atoms with Gasteiger partial charge in [0.1, 0.15) is 23.8 Å². The lowest BCUT2D eigenvalue weighted by atomic mass is 10.0. The summed E-state index contributed by atoms with van der Waals surface area (Å²) in [6, 6.07) is 11.9. The van der Waals surface area contributed by atoms with Crippen LogP contribution in [0.2, 0.25) is 0 Å². The molecule has 4 heterocycles. The van der Waals surface area contributed by atoms with Crippen molar-refractivity contribution in [3.8, 4) is 17.0 Å². The normalized spacial score (nSPS) is 20.8. The number of hydrogen-bond donors (Lipinski definition) is 0. The Labute approximate surface area is 173 Å². The van der Waals surface area contributed by atoms with Crippen LogP contribution in [0.15, 0.2) is 42.6 Å². The number of carbonyl (C=O) groups excluding carboxylic acids is 1. The van der Waals surface area contributed by atoms with Crippen LogP contribution in [0.25, 0.3) is 11.3 Å².